The van der Waals surface area contributed by atoms with Crippen LogP contribution in [0.15, 0.2) is 6.20 Å². The van der Waals surface area contributed by atoms with Gasteiger partial charge in [-0.1, -0.05) is 34.6 Å². The van der Waals surface area contributed by atoms with Crippen molar-refractivity contribution in [3.05, 3.63) is 17.5 Å². The standard InChI is InChI=1S/C15H29N3/c1-8-15(6,9-2)16-10-12-11-18(7)17-13(12)14(3,4)5/h11,16H,8-10H2,1-7H3. The number of nitrogens with one attached hydrogen (secondary N) is 1. The number of hydrogen-bond acceptors (Lipinski definition) is 2. The minimum atomic E-state index is 0.104. The van der Waals surface area contributed by atoms with Crippen LogP contribution in [0.1, 0.15) is 65.6 Å². The number of aryl methyl sites for hydroxylation is 1. The lowest BCUT2D eigenvalue weighted by Gasteiger charge is -2.29. The molecule has 0 fully saturated rings. The van der Waals surface area contributed by atoms with Gasteiger partial charge in [-0.3, -0.25) is 4.68 Å². The number of nitrogens with zero attached hydrogens (tertiary/aromatic N) is 2. The molecule has 1 aromatic rings. The first-order valence-electron chi connectivity index (χ1n) is 7.00. The molecule has 0 saturated heterocycles. The van der Waals surface area contributed by atoms with Crippen molar-refractivity contribution in [1.82, 2.24) is 15.1 Å². The second-order valence-electron chi connectivity index (χ2n) is 6.55. The first-order chi connectivity index (χ1) is 8.22. The van der Waals surface area contributed by atoms with Gasteiger partial charge in [0.2, 0.25) is 0 Å². The maximum absolute atomic E-state index is 4.61. The quantitative estimate of drug-likeness (QED) is 0.869. The van der Waals surface area contributed by atoms with Crippen molar-refractivity contribution in [3.63, 3.8) is 0 Å². The van der Waals surface area contributed by atoms with E-state index < -0.39 is 0 Å². The molecule has 3 nitrogen and oxygen atoms in total. The molecule has 0 aliphatic heterocycles. The van der Waals surface area contributed by atoms with Gasteiger partial charge in [0.25, 0.3) is 0 Å². The fourth-order valence-electron chi connectivity index (χ4n) is 2.11. The van der Waals surface area contributed by atoms with Crippen molar-refractivity contribution in [2.75, 3.05) is 0 Å². The highest BCUT2D eigenvalue weighted by atomic mass is 15.3. The maximum atomic E-state index is 4.61. The van der Waals surface area contributed by atoms with Gasteiger partial charge in [-0.2, -0.15) is 5.10 Å². The minimum absolute atomic E-state index is 0.104. The zero-order valence-corrected chi connectivity index (χ0v) is 13.1. The predicted octanol–water partition coefficient (Wildman–Crippen LogP) is 3.39. The van der Waals surface area contributed by atoms with E-state index in [1.54, 1.807) is 0 Å². The normalized spacial score (nSPS) is 13.1. The van der Waals surface area contributed by atoms with Crippen LogP contribution in [0.25, 0.3) is 0 Å². The summed E-state index contributed by atoms with van der Waals surface area (Å²) in [6.07, 6.45) is 4.43. The van der Waals surface area contributed by atoms with Crippen molar-refractivity contribution in [2.45, 2.75) is 71.9 Å². The molecule has 3 heteroatoms. The molecule has 0 bridgehead atoms. The Hall–Kier alpha value is -0.830. The van der Waals surface area contributed by atoms with E-state index in [0.29, 0.717) is 0 Å². The second-order valence-corrected chi connectivity index (χ2v) is 6.55. The Labute approximate surface area is 112 Å². The summed E-state index contributed by atoms with van der Waals surface area (Å²) in [5, 5.41) is 8.30. The van der Waals surface area contributed by atoms with Crippen molar-refractivity contribution >= 4 is 0 Å². The molecule has 1 rings (SSSR count). The minimum Gasteiger partial charge on any atom is -0.307 e. The summed E-state index contributed by atoms with van der Waals surface area (Å²) < 4.78 is 1.92. The fourth-order valence-corrected chi connectivity index (χ4v) is 2.11. The monoisotopic (exact) mass is 251 g/mol. The third kappa shape index (κ3) is 3.58. The molecule has 0 aliphatic carbocycles. The molecule has 0 aromatic carbocycles. The highest BCUT2D eigenvalue weighted by molar-refractivity contribution is 5.24. The van der Waals surface area contributed by atoms with E-state index in [-0.39, 0.29) is 11.0 Å². The molecular formula is C15H29N3. The largest absolute Gasteiger partial charge is 0.307 e. The summed E-state index contributed by atoms with van der Waals surface area (Å²) in [5.74, 6) is 0. The number of aromatic nitrogens is 2. The summed E-state index contributed by atoms with van der Waals surface area (Å²) in [7, 11) is 2.00. The van der Waals surface area contributed by atoms with Gasteiger partial charge >= 0.3 is 0 Å². The van der Waals surface area contributed by atoms with Crippen LogP contribution >= 0.6 is 0 Å². The molecule has 0 saturated carbocycles. The molecule has 0 atom stereocenters. The lowest BCUT2D eigenvalue weighted by Crippen LogP contribution is -2.40. The van der Waals surface area contributed by atoms with Crippen LogP contribution in [0.5, 0.6) is 0 Å². The van der Waals surface area contributed by atoms with Crippen LogP contribution < -0.4 is 5.32 Å². The van der Waals surface area contributed by atoms with Gasteiger partial charge in [-0.25, -0.2) is 0 Å². The molecule has 1 N–H and O–H groups in total. The van der Waals surface area contributed by atoms with Gasteiger partial charge in [0.15, 0.2) is 0 Å². The topological polar surface area (TPSA) is 29.9 Å². The third-order valence-corrected chi connectivity index (χ3v) is 3.88. The molecule has 0 radical (unpaired) electrons. The Morgan fingerprint density at radius 3 is 2.17 bits per heavy atom. The highest BCUT2D eigenvalue weighted by Crippen LogP contribution is 2.25. The smallest absolute Gasteiger partial charge is 0.0722 e. The summed E-state index contributed by atoms with van der Waals surface area (Å²) in [6, 6.07) is 0. The average molecular weight is 251 g/mol. The van der Waals surface area contributed by atoms with E-state index in [1.165, 1.54) is 11.3 Å². The van der Waals surface area contributed by atoms with Gasteiger partial charge in [0.05, 0.1) is 5.69 Å². The van der Waals surface area contributed by atoms with Crippen LogP contribution in [-0.4, -0.2) is 15.3 Å². The van der Waals surface area contributed by atoms with E-state index in [4.69, 9.17) is 0 Å². The highest BCUT2D eigenvalue weighted by Gasteiger charge is 2.24. The molecule has 0 aliphatic rings. The molecule has 1 heterocycles. The Kier molecular flexibility index (Phi) is 4.60. The van der Waals surface area contributed by atoms with Crippen LogP contribution in [-0.2, 0) is 19.0 Å². The van der Waals surface area contributed by atoms with Crippen LogP contribution in [0, 0.1) is 0 Å². The molecule has 0 spiro atoms. The Morgan fingerprint density at radius 1 is 1.17 bits per heavy atom. The second kappa shape index (κ2) is 5.43. The van der Waals surface area contributed by atoms with E-state index >= 15 is 0 Å². The summed E-state index contributed by atoms with van der Waals surface area (Å²) in [5.41, 5.74) is 2.85. The van der Waals surface area contributed by atoms with Crippen molar-refractivity contribution in [3.8, 4) is 0 Å². The Bertz CT molecular complexity index is 381. The zero-order valence-electron chi connectivity index (χ0n) is 13.1. The van der Waals surface area contributed by atoms with E-state index in [1.807, 2.05) is 11.7 Å². The molecule has 0 unspecified atom stereocenters. The van der Waals surface area contributed by atoms with Crippen LogP contribution in [0.3, 0.4) is 0 Å². The molecular weight excluding hydrogens is 222 g/mol. The SMILES string of the molecule is CCC(C)(CC)NCc1cn(C)nc1C(C)(C)C. The van der Waals surface area contributed by atoms with Crippen molar-refractivity contribution in [2.24, 2.45) is 7.05 Å². The number of hydrogen-bond donors (Lipinski definition) is 1. The van der Waals surface area contributed by atoms with Crippen molar-refractivity contribution < 1.29 is 0 Å². The van der Waals surface area contributed by atoms with Gasteiger partial charge in [0, 0.05) is 36.3 Å². The van der Waals surface area contributed by atoms with Crippen LogP contribution in [0.2, 0.25) is 0 Å². The van der Waals surface area contributed by atoms with E-state index in [9.17, 15) is 0 Å². The first-order valence-corrected chi connectivity index (χ1v) is 7.00. The molecule has 1 aromatic heterocycles. The summed E-state index contributed by atoms with van der Waals surface area (Å²) in [6.45, 7) is 14.3. The number of rotatable bonds is 5. The fraction of sp³-hybridized carbons (Fsp3) is 0.800. The van der Waals surface area contributed by atoms with Crippen molar-refractivity contribution in [1.29, 1.82) is 0 Å². The van der Waals surface area contributed by atoms with Gasteiger partial charge in [-0.05, 0) is 19.8 Å². The third-order valence-electron chi connectivity index (χ3n) is 3.88. The molecule has 0 amide bonds. The van der Waals surface area contributed by atoms with Gasteiger partial charge in [-0.15, -0.1) is 0 Å². The lowest BCUT2D eigenvalue weighted by molar-refractivity contribution is 0.328. The zero-order chi connectivity index (χ0) is 14.0. The molecule has 18 heavy (non-hydrogen) atoms. The first kappa shape index (κ1) is 15.2. The Morgan fingerprint density at radius 2 is 1.72 bits per heavy atom. The summed E-state index contributed by atoms with van der Waals surface area (Å²) in [4.78, 5) is 0. The maximum Gasteiger partial charge on any atom is 0.0722 e. The predicted molar refractivity (Wildman–Crippen MR) is 77.7 cm³/mol. The lowest BCUT2D eigenvalue weighted by atomic mass is 9.89. The van der Waals surface area contributed by atoms with E-state index in [2.05, 4.69) is 58.2 Å². The average Bonchev–Trinajstić information content (AvgIpc) is 2.67. The Balaban J connectivity index is 2.86. The van der Waals surface area contributed by atoms with Gasteiger partial charge in [0.1, 0.15) is 0 Å². The summed E-state index contributed by atoms with van der Waals surface area (Å²) >= 11 is 0. The van der Waals surface area contributed by atoms with Crippen LogP contribution in [0.4, 0.5) is 0 Å². The molecule has 104 valence electrons. The van der Waals surface area contributed by atoms with E-state index in [0.717, 1.165) is 19.4 Å². The van der Waals surface area contributed by atoms with Gasteiger partial charge < -0.3 is 5.32 Å².